The number of aromatic nitrogens is 2. The first-order valence-corrected chi connectivity index (χ1v) is 14.0. The van der Waals surface area contributed by atoms with Gasteiger partial charge in [-0.1, -0.05) is 47.2 Å². The van der Waals surface area contributed by atoms with Crippen molar-refractivity contribution in [3.63, 3.8) is 0 Å². The van der Waals surface area contributed by atoms with Crippen molar-refractivity contribution in [2.75, 3.05) is 6.61 Å². The van der Waals surface area contributed by atoms with Gasteiger partial charge >= 0.3 is 5.97 Å². The van der Waals surface area contributed by atoms with Crippen LogP contribution < -0.4 is 14.9 Å². The van der Waals surface area contributed by atoms with Gasteiger partial charge in [0.1, 0.15) is 6.04 Å². The van der Waals surface area contributed by atoms with Gasteiger partial charge in [0.2, 0.25) is 0 Å². The van der Waals surface area contributed by atoms with E-state index in [-0.39, 0.29) is 12.2 Å². The molecule has 8 heteroatoms. The molecule has 2 aromatic heterocycles. The highest BCUT2D eigenvalue weighted by atomic mass is 35.5. The monoisotopic (exact) mass is 559 g/mol. The number of aryl methyl sites for hydroxylation is 3. The number of allylic oxidation sites excluding steroid dienone is 1. The van der Waals surface area contributed by atoms with Crippen LogP contribution in [0.3, 0.4) is 0 Å². The van der Waals surface area contributed by atoms with Gasteiger partial charge < -0.3 is 9.30 Å². The third-order valence-electron chi connectivity index (χ3n) is 7.22. The molecular weight excluding hydrogens is 530 g/mol. The SMILES string of the molecule is CCOC(=O)C1=C(C)N=c2s/c(=C\c3cc(C)n(-c4ccc(C)c(C)c4)c3C)c(=O)n2[C@H]1c1ccccc1Cl. The van der Waals surface area contributed by atoms with Gasteiger partial charge in [-0.05, 0) is 94.1 Å². The van der Waals surface area contributed by atoms with Crippen LogP contribution in [0.25, 0.3) is 11.8 Å². The molecule has 1 aliphatic heterocycles. The Morgan fingerprint density at radius 2 is 1.82 bits per heavy atom. The minimum absolute atomic E-state index is 0.214. The lowest BCUT2D eigenvalue weighted by Crippen LogP contribution is -2.40. The third-order valence-corrected chi connectivity index (χ3v) is 8.55. The molecule has 2 aromatic carbocycles. The molecule has 0 N–H and O–H groups in total. The Labute approximate surface area is 236 Å². The second kappa shape index (κ2) is 10.5. The zero-order chi connectivity index (χ0) is 28.0. The molecular formula is C31H30ClN3O3S. The summed E-state index contributed by atoms with van der Waals surface area (Å²) in [5, 5.41) is 0.463. The van der Waals surface area contributed by atoms with Crippen LogP contribution in [0, 0.1) is 27.7 Å². The van der Waals surface area contributed by atoms with E-state index in [1.807, 2.05) is 24.3 Å². The number of halogens is 1. The number of hydrogen-bond donors (Lipinski definition) is 0. The van der Waals surface area contributed by atoms with Crippen LogP contribution in [-0.2, 0) is 9.53 Å². The van der Waals surface area contributed by atoms with E-state index < -0.39 is 12.0 Å². The van der Waals surface area contributed by atoms with Crippen LogP contribution in [0.2, 0.25) is 5.02 Å². The van der Waals surface area contributed by atoms with E-state index in [4.69, 9.17) is 16.3 Å². The number of esters is 1. The summed E-state index contributed by atoms with van der Waals surface area (Å²) in [6.07, 6.45) is 1.91. The Balaban J connectivity index is 1.70. The molecule has 0 unspecified atom stereocenters. The van der Waals surface area contributed by atoms with E-state index in [0.29, 0.717) is 31.2 Å². The largest absolute Gasteiger partial charge is 0.463 e. The molecule has 1 aliphatic rings. The van der Waals surface area contributed by atoms with Gasteiger partial charge in [-0.25, -0.2) is 9.79 Å². The van der Waals surface area contributed by atoms with Crippen molar-refractivity contribution in [1.82, 2.24) is 9.13 Å². The Morgan fingerprint density at radius 3 is 2.51 bits per heavy atom. The zero-order valence-corrected chi connectivity index (χ0v) is 24.4. The Kier molecular flexibility index (Phi) is 7.23. The molecule has 1 atom stereocenters. The quantitative estimate of drug-likeness (QED) is 0.304. The van der Waals surface area contributed by atoms with Crippen molar-refractivity contribution in [2.24, 2.45) is 4.99 Å². The molecule has 0 spiro atoms. The maximum absolute atomic E-state index is 14.0. The van der Waals surface area contributed by atoms with Crippen molar-refractivity contribution in [1.29, 1.82) is 0 Å². The summed E-state index contributed by atoms with van der Waals surface area (Å²) < 4.78 is 9.67. The third kappa shape index (κ3) is 4.70. The summed E-state index contributed by atoms with van der Waals surface area (Å²) >= 11 is 7.91. The van der Waals surface area contributed by atoms with Crippen molar-refractivity contribution < 1.29 is 9.53 Å². The predicted octanol–water partition coefficient (Wildman–Crippen LogP) is 5.48. The van der Waals surface area contributed by atoms with E-state index in [1.165, 1.54) is 22.5 Å². The van der Waals surface area contributed by atoms with Gasteiger partial charge in [-0.3, -0.25) is 9.36 Å². The number of carbonyl (C=O) groups is 1. The molecule has 0 radical (unpaired) electrons. The Hall–Kier alpha value is -3.68. The molecule has 0 amide bonds. The van der Waals surface area contributed by atoms with E-state index in [0.717, 1.165) is 22.6 Å². The molecule has 200 valence electrons. The van der Waals surface area contributed by atoms with Crippen molar-refractivity contribution in [3.05, 3.63) is 118 Å². The lowest BCUT2D eigenvalue weighted by molar-refractivity contribution is -0.139. The first kappa shape index (κ1) is 26.9. The summed E-state index contributed by atoms with van der Waals surface area (Å²) in [4.78, 5) is 32.2. The summed E-state index contributed by atoms with van der Waals surface area (Å²) in [6.45, 7) is 12.1. The number of carbonyl (C=O) groups excluding carboxylic acids is 1. The normalized spacial score (nSPS) is 15.4. The molecule has 4 aromatic rings. The van der Waals surface area contributed by atoms with Crippen LogP contribution in [0.1, 0.15) is 53.5 Å². The number of fused-ring (bicyclic) bond motifs is 1. The van der Waals surface area contributed by atoms with Crippen LogP contribution >= 0.6 is 22.9 Å². The summed E-state index contributed by atoms with van der Waals surface area (Å²) in [5.41, 5.74) is 7.86. The molecule has 0 saturated carbocycles. The molecule has 6 nitrogen and oxygen atoms in total. The van der Waals surface area contributed by atoms with Crippen LogP contribution in [0.5, 0.6) is 0 Å². The summed E-state index contributed by atoms with van der Waals surface area (Å²) in [6, 6.07) is 15.0. The number of nitrogens with zero attached hydrogens (tertiary/aromatic N) is 3. The van der Waals surface area contributed by atoms with E-state index in [1.54, 1.807) is 24.5 Å². The predicted molar refractivity (Wildman–Crippen MR) is 157 cm³/mol. The van der Waals surface area contributed by atoms with E-state index in [2.05, 4.69) is 61.5 Å². The van der Waals surface area contributed by atoms with Crippen molar-refractivity contribution in [2.45, 2.75) is 47.6 Å². The second-order valence-electron chi connectivity index (χ2n) is 9.75. The Morgan fingerprint density at radius 1 is 1.08 bits per heavy atom. The second-order valence-corrected chi connectivity index (χ2v) is 11.2. The average Bonchev–Trinajstić information content (AvgIpc) is 3.34. The maximum atomic E-state index is 14.0. The molecule has 3 heterocycles. The summed E-state index contributed by atoms with van der Waals surface area (Å²) in [5.74, 6) is -0.505. The Bertz CT molecular complexity index is 1840. The van der Waals surface area contributed by atoms with Gasteiger partial charge in [0.25, 0.3) is 5.56 Å². The minimum atomic E-state index is -0.737. The zero-order valence-electron chi connectivity index (χ0n) is 22.8. The van der Waals surface area contributed by atoms with Gasteiger partial charge in [0, 0.05) is 22.1 Å². The highest BCUT2D eigenvalue weighted by Gasteiger charge is 2.34. The van der Waals surface area contributed by atoms with Gasteiger partial charge in [-0.15, -0.1) is 0 Å². The molecule has 5 rings (SSSR count). The highest BCUT2D eigenvalue weighted by molar-refractivity contribution is 7.07. The lowest BCUT2D eigenvalue weighted by atomic mass is 9.96. The minimum Gasteiger partial charge on any atom is -0.463 e. The fourth-order valence-electron chi connectivity index (χ4n) is 5.12. The molecule has 0 bridgehead atoms. The van der Waals surface area contributed by atoms with Gasteiger partial charge in [0.15, 0.2) is 4.80 Å². The van der Waals surface area contributed by atoms with E-state index >= 15 is 0 Å². The fourth-order valence-corrected chi connectivity index (χ4v) is 6.40. The topological polar surface area (TPSA) is 65.6 Å². The van der Waals surface area contributed by atoms with Crippen LogP contribution in [-0.4, -0.2) is 21.7 Å². The first-order chi connectivity index (χ1) is 18.6. The number of thiazole rings is 1. The average molecular weight is 560 g/mol. The molecule has 39 heavy (non-hydrogen) atoms. The maximum Gasteiger partial charge on any atom is 0.338 e. The fraction of sp³-hybridized carbons (Fsp3) is 0.258. The number of rotatable bonds is 5. The van der Waals surface area contributed by atoms with Gasteiger partial charge in [-0.2, -0.15) is 0 Å². The smallest absolute Gasteiger partial charge is 0.338 e. The molecule has 0 saturated heterocycles. The van der Waals surface area contributed by atoms with Gasteiger partial charge in [0.05, 0.1) is 22.4 Å². The molecule has 0 fully saturated rings. The van der Waals surface area contributed by atoms with E-state index in [9.17, 15) is 9.59 Å². The first-order valence-electron chi connectivity index (χ1n) is 12.8. The number of hydrogen-bond acceptors (Lipinski definition) is 5. The highest BCUT2D eigenvalue weighted by Crippen LogP contribution is 2.34. The number of ether oxygens (including phenoxy) is 1. The van der Waals surface area contributed by atoms with Crippen molar-refractivity contribution >= 4 is 35.0 Å². The number of benzene rings is 2. The lowest BCUT2D eigenvalue weighted by Gasteiger charge is -2.25. The van der Waals surface area contributed by atoms with Crippen LogP contribution in [0.4, 0.5) is 0 Å². The molecule has 0 aliphatic carbocycles. The standard InChI is InChI=1S/C31H30ClN3O3S/c1-7-38-30(37)27-20(5)33-31-35(28(27)24-10-8-9-11-25(24)32)29(36)26(39-31)16-22-15-19(4)34(21(22)6)23-13-12-17(2)18(3)14-23/h8-16,28H,7H2,1-6H3/b26-16-/t28-/m0/s1. The van der Waals surface area contributed by atoms with Crippen molar-refractivity contribution in [3.8, 4) is 5.69 Å². The summed E-state index contributed by atoms with van der Waals surface area (Å²) in [7, 11) is 0. The van der Waals surface area contributed by atoms with Crippen LogP contribution in [0.15, 0.2) is 69.6 Å².